The molecule has 1 amide bonds. The van der Waals surface area contributed by atoms with Gasteiger partial charge in [0.25, 0.3) is 5.91 Å². The molecule has 0 unspecified atom stereocenters. The van der Waals surface area contributed by atoms with Gasteiger partial charge in [-0.2, -0.15) is 13.2 Å². The Morgan fingerprint density at radius 1 is 1.17 bits per heavy atom. The van der Waals surface area contributed by atoms with Gasteiger partial charge in [0.2, 0.25) is 5.76 Å². The van der Waals surface area contributed by atoms with Gasteiger partial charge >= 0.3 is 6.18 Å². The van der Waals surface area contributed by atoms with Gasteiger partial charge in [-0.3, -0.25) is 4.79 Å². The SMILES string of the molecule is O=C(c1onc2c1CCCC2)N1CCC(CO)(Cc2ccccc2C(F)(F)F)CC1. The summed E-state index contributed by atoms with van der Waals surface area (Å²) in [5.41, 5.74) is 0.589. The van der Waals surface area contributed by atoms with Crippen LogP contribution in [0.25, 0.3) is 0 Å². The van der Waals surface area contributed by atoms with Crippen LogP contribution in [-0.2, 0) is 25.4 Å². The summed E-state index contributed by atoms with van der Waals surface area (Å²) in [6.07, 6.45) is 0.181. The molecule has 30 heavy (non-hydrogen) atoms. The Labute approximate surface area is 172 Å². The van der Waals surface area contributed by atoms with Crippen molar-refractivity contribution in [3.8, 4) is 0 Å². The largest absolute Gasteiger partial charge is 0.416 e. The molecule has 2 heterocycles. The van der Waals surface area contributed by atoms with E-state index in [0.29, 0.717) is 31.7 Å². The highest BCUT2D eigenvalue weighted by Gasteiger charge is 2.40. The van der Waals surface area contributed by atoms with Crippen LogP contribution in [0.1, 0.15) is 58.6 Å². The minimum atomic E-state index is -4.44. The molecule has 4 rings (SSSR count). The van der Waals surface area contributed by atoms with Crippen LogP contribution in [-0.4, -0.2) is 40.8 Å². The van der Waals surface area contributed by atoms with E-state index in [9.17, 15) is 23.1 Å². The van der Waals surface area contributed by atoms with Crippen LogP contribution in [0.5, 0.6) is 0 Å². The molecule has 1 aliphatic carbocycles. The third kappa shape index (κ3) is 3.97. The van der Waals surface area contributed by atoms with Crippen molar-refractivity contribution in [2.75, 3.05) is 19.7 Å². The number of alkyl halides is 3. The third-order valence-electron chi connectivity index (χ3n) is 6.49. The lowest BCUT2D eigenvalue weighted by Gasteiger charge is -2.41. The molecule has 0 bridgehead atoms. The van der Waals surface area contributed by atoms with Gasteiger partial charge in [0.05, 0.1) is 11.3 Å². The average molecular weight is 422 g/mol. The van der Waals surface area contributed by atoms with E-state index in [1.54, 1.807) is 11.0 Å². The number of likely N-dealkylation sites (tertiary alicyclic amines) is 1. The first-order valence-corrected chi connectivity index (χ1v) is 10.4. The normalized spacial score (nSPS) is 18.9. The summed E-state index contributed by atoms with van der Waals surface area (Å²) in [6.45, 7) is 0.505. The predicted octanol–water partition coefficient (Wildman–Crippen LogP) is 4.03. The van der Waals surface area contributed by atoms with Gasteiger partial charge in [-0.15, -0.1) is 0 Å². The molecular weight excluding hydrogens is 397 g/mol. The molecule has 162 valence electrons. The number of rotatable bonds is 4. The molecule has 1 fully saturated rings. The van der Waals surface area contributed by atoms with Gasteiger partial charge in [-0.25, -0.2) is 0 Å². The minimum Gasteiger partial charge on any atom is -0.396 e. The van der Waals surface area contributed by atoms with E-state index in [4.69, 9.17) is 4.52 Å². The zero-order chi connectivity index (χ0) is 21.4. The Morgan fingerprint density at radius 3 is 2.57 bits per heavy atom. The second-order valence-corrected chi connectivity index (χ2v) is 8.43. The topological polar surface area (TPSA) is 66.6 Å². The van der Waals surface area contributed by atoms with E-state index in [1.807, 2.05) is 0 Å². The molecule has 1 N–H and O–H groups in total. The third-order valence-corrected chi connectivity index (χ3v) is 6.49. The fraction of sp³-hybridized carbons (Fsp3) is 0.545. The number of aliphatic hydroxyl groups is 1. The van der Waals surface area contributed by atoms with Crippen LogP contribution in [0.4, 0.5) is 13.2 Å². The lowest BCUT2D eigenvalue weighted by molar-refractivity contribution is -0.138. The second-order valence-electron chi connectivity index (χ2n) is 8.43. The van der Waals surface area contributed by atoms with E-state index in [0.717, 1.165) is 43.0 Å². The number of aliphatic hydroxyl groups excluding tert-OH is 1. The zero-order valence-corrected chi connectivity index (χ0v) is 16.7. The molecular formula is C22H25F3N2O3. The fourth-order valence-electron chi connectivity index (χ4n) is 4.63. The number of nitrogens with zero attached hydrogens (tertiary/aromatic N) is 2. The van der Waals surface area contributed by atoms with Gasteiger partial charge in [-0.05, 0) is 56.6 Å². The molecule has 1 saturated heterocycles. The first-order valence-electron chi connectivity index (χ1n) is 10.4. The molecule has 2 aliphatic rings. The first kappa shape index (κ1) is 20.9. The number of carbonyl (C=O) groups is 1. The molecule has 0 atom stereocenters. The highest BCUT2D eigenvalue weighted by atomic mass is 19.4. The maximum Gasteiger partial charge on any atom is 0.416 e. The number of hydrogen-bond acceptors (Lipinski definition) is 4. The first-order chi connectivity index (χ1) is 14.3. The Morgan fingerprint density at radius 2 is 1.87 bits per heavy atom. The maximum atomic E-state index is 13.4. The number of amides is 1. The smallest absolute Gasteiger partial charge is 0.396 e. The summed E-state index contributed by atoms with van der Waals surface area (Å²) in [7, 11) is 0. The van der Waals surface area contributed by atoms with E-state index in [1.165, 1.54) is 12.1 Å². The van der Waals surface area contributed by atoms with Gasteiger partial charge < -0.3 is 14.5 Å². The average Bonchev–Trinajstić information content (AvgIpc) is 3.17. The Hall–Kier alpha value is -2.35. The fourth-order valence-corrected chi connectivity index (χ4v) is 4.63. The number of piperidine rings is 1. The van der Waals surface area contributed by atoms with E-state index in [-0.39, 0.29) is 24.5 Å². The summed E-state index contributed by atoms with van der Waals surface area (Å²) in [6, 6.07) is 5.50. The number of aryl methyl sites for hydroxylation is 1. The van der Waals surface area contributed by atoms with Crippen molar-refractivity contribution in [2.45, 2.75) is 51.1 Å². The maximum absolute atomic E-state index is 13.4. The van der Waals surface area contributed by atoms with Crippen LogP contribution in [0.3, 0.4) is 0 Å². The highest BCUT2D eigenvalue weighted by Crippen LogP contribution is 2.39. The molecule has 0 radical (unpaired) electrons. The minimum absolute atomic E-state index is 0.124. The van der Waals surface area contributed by atoms with Gasteiger partial charge in [0.1, 0.15) is 0 Å². The number of carbonyl (C=O) groups excluding carboxylic acids is 1. The van der Waals surface area contributed by atoms with Crippen molar-refractivity contribution in [3.05, 3.63) is 52.4 Å². The predicted molar refractivity (Wildman–Crippen MR) is 103 cm³/mol. The number of aromatic nitrogens is 1. The summed E-state index contributed by atoms with van der Waals surface area (Å²) >= 11 is 0. The summed E-state index contributed by atoms with van der Waals surface area (Å²) in [5.74, 6) is 0.0801. The van der Waals surface area contributed by atoms with Crippen LogP contribution in [0.2, 0.25) is 0 Å². The van der Waals surface area contributed by atoms with Crippen molar-refractivity contribution < 1.29 is 27.6 Å². The second kappa shape index (κ2) is 8.06. The molecule has 0 spiro atoms. The lowest BCUT2D eigenvalue weighted by Crippen LogP contribution is -2.46. The molecule has 1 aliphatic heterocycles. The zero-order valence-electron chi connectivity index (χ0n) is 16.7. The van der Waals surface area contributed by atoms with E-state index < -0.39 is 17.2 Å². The Kier molecular flexibility index (Phi) is 5.61. The molecule has 8 heteroatoms. The van der Waals surface area contributed by atoms with Gasteiger partial charge in [0, 0.05) is 30.7 Å². The molecule has 1 aromatic carbocycles. The van der Waals surface area contributed by atoms with Crippen LogP contribution >= 0.6 is 0 Å². The van der Waals surface area contributed by atoms with E-state index in [2.05, 4.69) is 5.16 Å². The van der Waals surface area contributed by atoms with Crippen molar-refractivity contribution >= 4 is 5.91 Å². The lowest BCUT2D eigenvalue weighted by atomic mass is 9.73. The highest BCUT2D eigenvalue weighted by molar-refractivity contribution is 5.93. The number of benzene rings is 1. The quantitative estimate of drug-likeness (QED) is 0.808. The van der Waals surface area contributed by atoms with Crippen LogP contribution in [0.15, 0.2) is 28.8 Å². The van der Waals surface area contributed by atoms with Crippen LogP contribution in [0, 0.1) is 5.41 Å². The molecule has 1 aromatic heterocycles. The summed E-state index contributed by atoms with van der Waals surface area (Å²) < 4.78 is 45.4. The monoisotopic (exact) mass is 422 g/mol. The van der Waals surface area contributed by atoms with Crippen molar-refractivity contribution in [3.63, 3.8) is 0 Å². The van der Waals surface area contributed by atoms with Gasteiger partial charge in [-0.1, -0.05) is 23.4 Å². The van der Waals surface area contributed by atoms with Crippen molar-refractivity contribution in [1.29, 1.82) is 0 Å². The number of halogens is 3. The van der Waals surface area contributed by atoms with Crippen LogP contribution < -0.4 is 0 Å². The summed E-state index contributed by atoms with van der Waals surface area (Å²) in [5, 5.41) is 14.1. The summed E-state index contributed by atoms with van der Waals surface area (Å²) in [4.78, 5) is 14.6. The Bertz CT molecular complexity index is 915. The van der Waals surface area contributed by atoms with Gasteiger partial charge in [0.15, 0.2) is 0 Å². The van der Waals surface area contributed by atoms with Crippen molar-refractivity contribution in [2.24, 2.45) is 5.41 Å². The standard InChI is InChI=1S/C22H25F3N2O3/c23-22(24,25)17-7-3-1-5-15(17)13-21(14-28)9-11-27(12-10-21)20(29)19-16-6-2-4-8-18(16)26-30-19/h1,3,5,7,28H,2,4,6,8-14H2. The Balaban J connectivity index is 1.47. The number of fused-ring (bicyclic) bond motifs is 1. The molecule has 5 nitrogen and oxygen atoms in total. The number of hydrogen-bond donors (Lipinski definition) is 1. The molecule has 0 saturated carbocycles. The van der Waals surface area contributed by atoms with Crippen molar-refractivity contribution in [1.82, 2.24) is 10.1 Å². The van der Waals surface area contributed by atoms with E-state index >= 15 is 0 Å². The molecule has 2 aromatic rings.